The van der Waals surface area contributed by atoms with E-state index in [0.717, 1.165) is 10.9 Å². The Morgan fingerprint density at radius 1 is 0.760 bits per heavy atom. The molecule has 1 aromatic heterocycles. The van der Waals surface area contributed by atoms with Gasteiger partial charge in [-0.15, -0.1) is 0 Å². The number of nitrogens with one attached hydrogen (secondary N) is 1. The van der Waals surface area contributed by atoms with Crippen LogP contribution in [0, 0.1) is 0 Å². The van der Waals surface area contributed by atoms with Crippen molar-refractivity contribution in [1.82, 2.24) is 4.98 Å². The number of Topliss-reactive ketones (excluding diaryl/α,β-unsaturated/α-hetero) is 1. The summed E-state index contributed by atoms with van der Waals surface area (Å²) >= 11 is 0. The lowest BCUT2D eigenvalue weighted by molar-refractivity contribution is 0.0490. The minimum absolute atomic E-state index is 0.345. The van der Waals surface area contributed by atoms with E-state index in [1.807, 2.05) is 60.7 Å². The van der Waals surface area contributed by atoms with Crippen molar-refractivity contribution in [2.75, 3.05) is 0 Å². The molecule has 0 bridgehead atoms. The molecule has 0 aliphatic rings. The fraction of sp³-hybridized carbons (Fsp3) is 0.0455. The van der Waals surface area contributed by atoms with Crippen molar-refractivity contribution in [2.45, 2.75) is 5.60 Å². The lowest BCUT2D eigenvalue weighted by Gasteiger charge is -2.27. The molecule has 0 saturated carbocycles. The molecule has 2 N–H and O–H groups in total. The van der Waals surface area contributed by atoms with E-state index >= 15 is 0 Å². The zero-order valence-electron chi connectivity index (χ0n) is 13.5. The first-order valence-corrected chi connectivity index (χ1v) is 8.15. The first kappa shape index (κ1) is 15.4. The number of H-pyrrole nitrogens is 1. The van der Waals surface area contributed by atoms with Crippen LogP contribution >= 0.6 is 0 Å². The summed E-state index contributed by atoms with van der Waals surface area (Å²) in [6, 6.07) is 25.7. The predicted molar refractivity (Wildman–Crippen MR) is 98.5 cm³/mol. The highest BCUT2D eigenvalue weighted by molar-refractivity contribution is 6.13. The second kappa shape index (κ2) is 6.04. The van der Waals surface area contributed by atoms with Gasteiger partial charge in [0.25, 0.3) is 0 Å². The summed E-state index contributed by atoms with van der Waals surface area (Å²) in [5.41, 5.74) is 0.709. The van der Waals surface area contributed by atoms with E-state index in [-0.39, 0.29) is 5.78 Å². The summed E-state index contributed by atoms with van der Waals surface area (Å²) in [7, 11) is 0. The van der Waals surface area contributed by atoms with Gasteiger partial charge >= 0.3 is 0 Å². The van der Waals surface area contributed by atoms with Crippen LogP contribution in [0.15, 0.2) is 91.1 Å². The number of hydrogen-bond acceptors (Lipinski definition) is 2. The van der Waals surface area contributed by atoms with Crippen LogP contribution < -0.4 is 0 Å². The third-order valence-electron chi connectivity index (χ3n) is 4.55. The first-order valence-electron chi connectivity index (χ1n) is 8.15. The van der Waals surface area contributed by atoms with Gasteiger partial charge in [-0.3, -0.25) is 4.79 Å². The highest BCUT2D eigenvalue weighted by Crippen LogP contribution is 2.35. The Morgan fingerprint density at radius 2 is 1.28 bits per heavy atom. The second-order valence-electron chi connectivity index (χ2n) is 6.02. The molecule has 0 spiro atoms. The van der Waals surface area contributed by atoms with Crippen LogP contribution in [0.4, 0.5) is 0 Å². The normalized spacial score (nSPS) is 11.6. The number of para-hydroxylation sites is 1. The number of aromatic nitrogens is 1. The molecule has 0 aliphatic carbocycles. The van der Waals surface area contributed by atoms with Crippen LogP contribution in [0.3, 0.4) is 0 Å². The molecule has 25 heavy (non-hydrogen) atoms. The molecule has 0 saturated heterocycles. The number of carbonyl (C=O) groups is 1. The third kappa shape index (κ3) is 2.46. The van der Waals surface area contributed by atoms with Gasteiger partial charge < -0.3 is 10.1 Å². The smallest absolute Gasteiger partial charge is 0.205 e. The number of rotatable bonds is 4. The zero-order chi connectivity index (χ0) is 17.3. The molecule has 3 aromatic carbocycles. The van der Waals surface area contributed by atoms with Gasteiger partial charge in [-0.2, -0.15) is 0 Å². The second-order valence-corrected chi connectivity index (χ2v) is 6.02. The molecular formula is C22H17NO2. The fourth-order valence-corrected chi connectivity index (χ4v) is 3.24. The maximum atomic E-state index is 13.5. The first-order chi connectivity index (χ1) is 12.2. The number of hydrogen-bond donors (Lipinski definition) is 2. The lowest BCUT2D eigenvalue weighted by Crippen LogP contribution is -2.37. The van der Waals surface area contributed by atoms with Crippen molar-refractivity contribution in [1.29, 1.82) is 0 Å². The average Bonchev–Trinajstić information content (AvgIpc) is 3.12. The Balaban J connectivity index is 1.94. The number of benzene rings is 3. The summed E-state index contributed by atoms with van der Waals surface area (Å²) in [5, 5.41) is 12.4. The molecule has 0 aliphatic heterocycles. The summed E-state index contributed by atoms with van der Waals surface area (Å²) < 4.78 is 0. The van der Waals surface area contributed by atoms with Crippen molar-refractivity contribution in [2.24, 2.45) is 0 Å². The molecule has 3 heteroatoms. The minimum Gasteiger partial charge on any atom is -0.373 e. The van der Waals surface area contributed by atoms with E-state index < -0.39 is 5.60 Å². The Bertz CT molecular complexity index is 980. The van der Waals surface area contributed by atoms with Gasteiger partial charge in [0.15, 0.2) is 5.60 Å². The van der Waals surface area contributed by atoms with Gasteiger partial charge in [0.05, 0.1) is 0 Å². The SMILES string of the molecule is O=C(c1c[nH]c2ccccc12)C(O)(c1ccccc1)c1ccccc1. The van der Waals surface area contributed by atoms with Gasteiger partial charge in [0.1, 0.15) is 0 Å². The van der Waals surface area contributed by atoms with Crippen LogP contribution in [-0.2, 0) is 5.60 Å². The summed E-state index contributed by atoms with van der Waals surface area (Å²) in [4.78, 5) is 16.6. The quantitative estimate of drug-likeness (QED) is 0.550. The van der Waals surface area contributed by atoms with E-state index in [1.165, 1.54) is 0 Å². The number of aliphatic hydroxyl groups is 1. The van der Waals surface area contributed by atoms with Gasteiger partial charge in [0.2, 0.25) is 5.78 Å². The van der Waals surface area contributed by atoms with Gasteiger partial charge in [-0.1, -0.05) is 78.9 Å². The monoisotopic (exact) mass is 327 g/mol. The van der Waals surface area contributed by atoms with Crippen molar-refractivity contribution < 1.29 is 9.90 Å². The van der Waals surface area contributed by atoms with Crippen molar-refractivity contribution in [3.8, 4) is 0 Å². The van der Waals surface area contributed by atoms with Crippen molar-refractivity contribution >= 4 is 16.7 Å². The molecule has 4 rings (SSSR count). The molecule has 4 aromatic rings. The average molecular weight is 327 g/mol. The predicted octanol–water partition coefficient (Wildman–Crippen LogP) is 4.29. The minimum atomic E-state index is -1.74. The van der Waals surface area contributed by atoms with Crippen molar-refractivity contribution in [3.63, 3.8) is 0 Å². The number of fused-ring (bicyclic) bond motifs is 1. The standard InChI is InChI=1S/C22H17NO2/c24-21(19-15-23-20-14-8-7-13-18(19)20)22(25,16-9-3-1-4-10-16)17-11-5-2-6-12-17/h1-15,23,25H. The fourth-order valence-electron chi connectivity index (χ4n) is 3.24. The molecule has 1 heterocycles. The van der Waals surface area contributed by atoms with E-state index in [9.17, 15) is 9.90 Å². The van der Waals surface area contributed by atoms with Crippen LogP contribution in [0.1, 0.15) is 21.5 Å². The molecular weight excluding hydrogens is 310 g/mol. The number of ketones is 1. The van der Waals surface area contributed by atoms with Crippen LogP contribution in [0.5, 0.6) is 0 Å². The Morgan fingerprint density at radius 3 is 1.88 bits per heavy atom. The molecule has 0 atom stereocenters. The molecule has 3 nitrogen and oxygen atoms in total. The summed E-state index contributed by atoms with van der Waals surface area (Å²) in [5.74, 6) is -0.345. The van der Waals surface area contributed by atoms with Gasteiger partial charge in [-0.25, -0.2) is 0 Å². The Hall–Kier alpha value is -3.17. The maximum Gasteiger partial charge on any atom is 0.205 e. The van der Waals surface area contributed by atoms with Crippen molar-refractivity contribution in [3.05, 3.63) is 108 Å². The van der Waals surface area contributed by atoms with E-state index in [4.69, 9.17) is 0 Å². The van der Waals surface area contributed by atoms with Crippen LogP contribution in [0.25, 0.3) is 10.9 Å². The topological polar surface area (TPSA) is 53.1 Å². The number of aromatic amines is 1. The zero-order valence-corrected chi connectivity index (χ0v) is 13.5. The van der Waals surface area contributed by atoms with Gasteiger partial charge in [-0.05, 0) is 17.2 Å². The largest absolute Gasteiger partial charge is 0.373 e. The molecule has 122 valence electrons. The Labute approximate surface area is 145 Å². The molecule has 0 fully saturated rings. The molecule has 0 radical (unpaired) electrons. The number of carbonyl (C=O) groups excluding carboxylic acids is 1. The van der Waals surface area contributed by atoms with E-state index in [0.29, 0.717) is 16.7 Å². The summed E-state index contributed by atoms with van der Waals surface area (Å²) in [6.07, 6.45) is 1.67. The highest BCUT2D eigenvalue weighted by Gasteiger charge is 2.41. The van der Waals surface area contributed by atoms with E-state index in [2.05, 4.69) is 4.98 Å². The molecule has 0 unspecified atom stereocenters. The maximum absolute atomic E-state index is 13.5. The lowest BCUT2D eigenvalue weighted by atomic mass is 9.80. The molecule has 0 amide bonds. The summed E-state index contributed by atoms with van der Waals surface area (Å²) in [6.45, 7) is 0. The Kier molecular flexibility index (Phi) is 3.71. The van der Waals surface area contributed by atoms with Gasteiger partial charge in [0, 0.05) is 22.7 Å². The van der Waals surface area contributed by atoms with E-state index in [1.54, 1.807) is 30.5 Å². The third-order valence-corrected chi connectivity index (χ3v) is 4.55. The highest BCUT2D eigenvalue weighted by atomic mass is 16.3. The van der Waals surface area contributed by atoms with Crippen LogP contribution in [0.2, 0.25) is 0 Å². The van der Waals surface area contributed by atoms with Crippen LogP contribution in [-0.4, -0.2) is 15.9 Å².